The summed E-state index contributed by atoms with van der Waals surface area (Å²) in [5, 5.41) is 3.53. The molecule has 9 heteroatoms. The maximum Gasteiger partial charge on any atom is 0.417 e. The average Bonchev–Trinajstić information content (AvgIpc) is 2.61. The predicted molar refractivity (Wildman–Crippen MR) is 88.0 cm³/mol. The molecule has 0 radical (unpaired) electrons. The molecule has 0 aliphatic rings. The molecule has 5 nitrogen and oxygen atoms in total. The molecule has 0 N–H and O–H groups in total. The topological polar surface area (TPSA) is 69.0 Å². The fraction of sp³-hybridized carbons (Fsp3) is 0.0588. The lowest BCUT2D eigenvalue weighted by molar-refractivity contribution is -0.137. The molecule has 0 saturated carbocycles. The number of alkyl halides is 3. The van der Waals surface area contributed by atoms with Gasteiger partial charge in [-0.2, -0.15) is 26.7 Å². The molecule has 0 unspecified atom stereocenters. The molecule has 3 aromatic rings. The van der Waals surface area contributed by atoms with Crippen molar-refractivity contribution >= 4 is 10.0 Å². The number of halogens is 3. The van der Waals surface area contributed by atoms with Gasteiger partial charge in [0.05, 0.1) is 10.5 Å². The van der Waals surface area contributed by atoms with Crippen molar-refractivity contribution in [3.05, 3.63) is 82.8 Å². The molecule has 0 saturated heterocycles. The molecule has 2 aromatic carbocycles. The molecule has 0 aliphatic carbocycles. The zero-order valence-electron chi connectivity index (χ0n) is 13.0. The number of aromatic nitrogens is 2. The second-order valence-corrected chi connectivity index (χ2v) is 6.99. The third-order valence-corrected chi connectivity index (χ3v) is 5.24. The number of hydrogen-bond acceptors (Lipinski definition) is 4. The second-order valence-electron chi connectivity index (χ2n) is 5.25. The van der Waals surface area contributed by atoms with Crippen LogP contribution in [0.1, 0.15) is 5.56 Å². The van der Waals surface area contributed by atoms with Crippen LogP contribution in [0.25, 0.3) is 11.1 Å². The summed E-state index contributed by atoms with van der Waals surface area (Å²) in [6.07, 6.45) is -3.57. The van der Waals surface area contributed by atoms with Crippen molar-refractivity contribution in [3.8, 4) is 11.1 Å². The SMILES string of the molecule is O=c1cccnn1S(=O)(=O)c1ccccc1-c1ccccc1C(F)(F)F. The molecule has 0 amide bonds. The Morgan fingerprint density at radius 2 is 1.46 bits per heavy atom. The minimum Gasteiger partial charge on any atom is -0.267 e. The Labute approximate surface area is 146 Å². The highest BCUT2D eigenvalue weighted by Gasteiger charge is 2.35. The fourth-order valence-electron chi connectivity index (χ4n) is 2.50. The monoisotopic (exact) mass is 380 g/mol. The van der Waals surface area contributed by atoms with E-state index >= 15 is 0 Å². The van der Waals surface area contributed by atoms with Crippen LogP contribution >= 0.6 is 0 Å². The van der Waals surface area contributed by atoms with Crippen LogP contribution in [0.15, 0.2) is 76.6 Å². The summed E-state index contributed by atoms with van der Waals surface area (Å²) in [6, 6.07) is 12.1. The Hall–Kier alpha value is -2.94. The van der Waals surface area contributed by atoms with Gasteiger partial charge in [0.2, 0.25) is 0 Å². The zero-order chi connectivity index (χ0) is 18.9. The van der Waals surface area contributed by atoms with Gasteiger partial charge in [-0.15, -0.1) is 4.09 Å². The van der Waals surface area contributed by atoms with Crippen molar-refractivity contribution in [2.24, 2.45) is 0 Å². The number of nitrogens with zero attached hydrogens (tertiary/aromatic N) is 2. The summed E-state index contributed by atoms with van der Waals surface area (Å²) >= 11 is 0. The molecule has 1 aromatic heterocycles. The van der Waals surface area contributed by atoms with Gasteiger partial charge in [0.25, 0.3) is 15.6 Å². The van der Waals surface area contributed by atoms with Crippen LogP contribution in [-0.2, 0) is 16.2 Å². The molecule has 1 heterocycles. The van der Waals surface area contributed by atoms with E-state index in [9.17, 15) is 26.4 Å². The predicted octanol–water partition coefficient (Wildman–Crippen LogP) is 3.17. The van der Waals surface area contributed by atoms with Gasteiger partial charge >= 0.3 is 6.18 Å². The maximum atomic E-state index is 13.3. The van der Waals surface area contributed by atoms with Crippen LogP contribution in [0.5, 0.6) is 0 Å². The first-order chi connectivity index (χ1) is 12.2. The molecular formula is C17H11F3N2O3S. The molecule has 0 fully saturated rings. The average molecular weight is 380 g/mol. The van der Waals surface area contributed by atoms with Gasteiger partial charge in [-0.25, -0.2) is 0 Å². The first kappa shape index (κ1) is 17.9. The van der Waals surface area contributed by atoms with E-state index in [4.69, 9.17) is 0 Å². The third-order valence-electron chi connectivity index (χ3n) is 3.60. The van der Waals surface area contributed by atoms with Crippen molar-refractivity contribution in [3.63, 3.8) is 0 Å². The summed E-state index contributed by atoms with van der Waals surface area (Å²) in [5.41, 5.74) is -2.36. The molecule has 0 atom stereocenters. The van der Waals surface area contributed by atoms with E-state index in [0.29, 0.717) is 0 Å². The molecule has 26 heavy (non-hydrogen) atoms. The summed E-state index contributed by atoms with van der Waals surface area (Å²) in [7, 11) is -4.48. The van der Waals surface area contributed by atoms with Gasteiger partial charge in [-0.3, -0.25) is 4.79 Å². The first-order valence-corrected chi connectivity index (χ1v) is 8.72. The highest BCUT2D eigenvalue weighted by atomic mass is 32.2. The van der Waals surface area contributed by atoms with Crippen LogP contribution < -0.4 is 5.56 Å². The van der Waals surface area contributed by atoms with Crippen LogP contribution in [0.3, 0.4) is 0 Å². The highest BCUT2D eigenvalue weighted by Crippen LogP contribution is 2.39. The lowest BCUT2D eigenvalue weighted by Gasteiger charge is -2.16. The molecule has 3 rings (SSSR count). The summed E-state index contributed by atoms with van der Waals surface area (Å²) in [4.78, 5) is 11.4. The van der Waals surface area contributed by atoms with Crippen LogP contribution in [0.2, 0.25) is 0 Å². The largest absolute Gasteiger partial charge is 0.417 e. The zero-order valence-corrected chi connectivity index (χ0v) is 13.8. The smallest absolute Gasteiger partial charge is 0.267 e. The summed E-state index contributed by atoms with van der Waals surface area (Å²) in [6.45, 7) is 0. The van der Waals surface area contributed by atoms with E-state index in [0.717, 1.165) is 24.4 Å². The van der Waals surface area contributed by atoms with Gasteiger partial charge in [0, 0.05) is 17.8 Å². The van der Waals surface area contributed by atoms with Crippen molar-refractivity contribution < 1.29 is 21.6 Å². The summed E-state index contributed by atoms with van der Waals surface area (Å²) in [5.74, 6) is 0. The third kappa shape index (κ3) is 3.13. The minimum absolute atomic E-state index is 0.169. The minimum atomic E-state index is -4.67. The van der Waals surface area contributed by atoms with E-state index in [1.54, 1.807) is 0 Å². The van der Waals surface area contributed by atoms with Gasteiger partial charge in [-0.05, 0) is 23.8 Å². The van der Waals surface area contributed by atoms with E-state index < -0.39 is 32.2 Å². The lowest BCUT2D eigenvalue weighted by atomic mass is 9.99. The van der Waals surface area contributed by atoms with Gasteiger partial charge in [0.15, 0.2) is 0 Å². The van der Waals surface area contributed by atoms with Gasteiger partial charge < -0.3 is 0 Å². The fourth-order valence-corrected chi connectivity index (χ4v) is 3.87. The van der Waals surface area contributed by atoms with Crippen molar-refractivity contribution in [2.75, 3.05) is 0 Å². The van der Waals surface area contributed by atoms with E-state index in [-0.39, 0.29) is 15.2 Å². The standard InChI is InChI=1S/C17H11F3N2O3S/c18-17(19,20)14-8-3-1-6-12(14)13-7-2-4-9-15(13)26(24,25)22-16(23)10-5-11-21-22/h1-11H. The van der Waals surface area contributed by atoms with Gasteiger partial charge in [0.1, 0.15) is 0 Å². The Balaban J connectivity index is 2.31. The highest BCUT2D eigenvalue weighted by molar-refractivity contribution is 7.90. The Morgan fingerprint density at radius 1 is 0.846 bits per heavy atom. The van der Waals surface area contributed by atoms with E-state index in [1.165, 1.54) is 42.5 Å². The van der Waals surface area contributed by atoms with Crippen molar-refractivity contribution in [2.45, 2.75) is 11.1 Å². The normalized spacial score (nSPS) is 12.1. The lowest BCUT2D eigenvalue weighted by Crippen LogP contribution is -2.29. The van der Waals surface area contributed by atoms with Crippen LogP contribution in [-0.4, -0.2) is 17.6 Å². The Morgan fingerprint density at radius 3 is 2.12 bits per heavy atom. The quantitative estimate of drug-likeness (QED) is 0.700. The van der Waals surface area contributed by atoms with Crippen LogP contribution in [0, 0.1) is 0 Å². The Kier molecular flexibility index (Phi) is 4.41. The van der Waals surface area contributed by atoms with E-state index in [2.05, 4.69) is 5.10 Å². The Bertz CT molecular complexity index is 1120. The number of hydrogen-bond donors (Lipinski definition) is 0. The molecule has 0 spiro atoms. The molecule has 0 aliphatic heterocycles. The number of benzene rings is 2. The van der Waals surface area contributed by atoms with Crippen molar-refractivity contribution in [1.29, 1.82) is 0 Å². The maximum absolute atomic E-state index is 13.3. The molecule has 0 bridgehead atoms. The van der Waals surface area contributed by atoms with Crippen molar-refractivity contribution in [1.82, 2.24) is 9.19 Å². The summed E-state index contributed by atoms with van der Waals surface area (Å²) < 4.78 is 65.9. The second kappa shape index (κ2) is 6.41. The molecule has 134 valence electrons. The van der Waals surface area contributed by atoms with Crippen LogP contribution in [0.4, 0.5) is 13.2 Å². The van der Waals surface area contributed by atoms with Gasteiger partial charge in [-0.1, -0.05) is 36.4 Å². The van der Waals surface area contributed by atoms with E-state index in [1.807, 2.05) is 0 Å². The molecular weight excluding hydrogens is 369 g/mol. The number of rotatable bonds is 3. The first-order valence-electron chi connectivity index (χ1n) is 7.28.